The van der Waals surface area contributed by atoms with Gasteiger partial charge in [0.05, 0.1) is 11.6 Å². The number of aliphatic hydroxyl groups excluding tert-OH is 1. The van der Waals surface area contributed by atoms with Crippen LogP contribution in [0, 0.1) is 6.92 Å². The molecular formula is C24H17Cl2NO3. The van der Waals surface area contributed by atoms with Crippen molar-refractivity contribution in [2.45, 2.75) is 13.0 Å². The van der Waals surface area contributed by atoms with E-state index in [9.17, 15) is 14.7 Å². The fourth-order valence-electron chi connectivity index (χ4n) is 3.67. The van der Waals surface area contributed by atoms with Gasteiger partial charge in [-0.25, -0.2) is 0 Å². The maximum Gasteiger partial charge on any atom is 0.300 e. The predicted octanol–water partition coefficient (Wildman–Crippen LogP) is 5.93. The van der Waals surface area contributed by atoms with Crippen molar-refractivity contribution in [1.82, 2.24) is 0 Å². The standard InChI is InChI=1S/C24H17Cl2NO3/c1-14-5-2-6-15(11-14)21-20(22(28)16-7-3-8-17(25)12-16)23(29)24(30)27(21)19-10-4-9-18(26)13-19/h2-13,21,28H,1H3/b22-20+. The summed E-state index contributed by atoms with van der Waals surface area (Å²) in [5, 5.41) is 11.9. The highest BCUT2D eigenvalue weighted by Crippen LogP contribution is 2.42. The molecule has 1 fully saturated rings. The molecule has 6 heteroatoms. The number of aliphatic hydroxyl groups is 1. The van der Waals surface area contributed by atoms with Gasteiger partial charge in [0.25, 0.3) is 11.7 Å². The van der Waals surface area contributed by atoms with E-state index < -0.39 is 17.7 Å². The van der Waals surface area contributed by atoms with Gasteiger partial charge in [-0.15, -0.1) is 0 Å². The van der Waals surface area contributed by atoms with Gasteiger partial charge in [0.15, 0.2) is 0 Å². The Morgan fingerprint density at radius 3 is 2.23 bits per heavy atom. The van der Waals surface area contributed by atoms with Crippen LogP contribution in [0.15, 0.2) is 78.4 Å². The van der Waals surface area contributed by atoms with E-state index in [4.69, 9.17) is 23.2 Å². The number of anilines is 1. The molecule has 0 aromatic heterocycles. The van der Waals surface area contributed by atoms with Crippen molar-refractivity contribution in [3.63, 3.8) is 0 Å². The maximum absolute atomic E-state index is 13.1. The average molecular weight is 438 g/mol. The number of carbonyl (C=O) groups is 2. The zero-order valence-electron chi connectivity index (χ0n) is 16.0. The normalized spacial score (nSPS) is 18.1. The van der Waals surface area contributed by atoms with Crippen LogP contribution in [0.3, 0.4) is 0 Å². The van der Waals surface area contributed by atoms with Gasteiger partial charge < -0.3 is 5.11 Å². The van der Waals surface area contributed by atoms with Gasteiger partial charge in [0, 0.05) is 21.3 Å². The summed E-state index contributed by atoms with van der Waals surface area (Å²) >= 11 is 12.2. The summed E-state index contributed by atoms with van der Waals surface area (Å²) in [6.07, 6.45) is 0. The monoisotopic (exact) mass is 437 g/mol. The van der Waals surface area contributed by atoms with Gasteiger partial charge in [0.2, 0.25) is 0 Å². The number of hydrogen-bond acceptors (Lipinski definition) is 3. The van der Waals surface area contributed by atoms with E-state index >= 15 is 0 Å². The van der Waals surface area contributed by atoms with Crippen molar-refractivity contribution < 1.29 is 14.7 Å². The van der Waals surface area contributed by atoms with E-state index in [2.05, 4.69) is 0 Å². The highest BCUT2D eigenvalue weighted by atomic mass is 35.5. The Bertz CT molecular complexity index is 1200. The number of nitrogens with zero attached hydrogens (tertiary/aromatic N) is 1. The van der Waals surface area contributed by atoms with E-state index in [1.807, 2.05) is 31.2 Å². The number of benzene rings is 3. The Morgan fingerprint density at radius 2 is 1.57 bits per heavy atom. The van der Waals surface area contributed by atoms with Crippen LogP contribution in [-0.4, -0.2) is 16.8 Å². The van der Waals surface area contributed by atoms with Crippen LogP contribution in [0.4, 0.5) is 5.69 Å². The predicted molar refractivity (Wildman–Crippen MR) is 119 cm³/mol. The van der Waals surface area contributed by atoms with Crippen molar-refractivity contribution in [3.05, 3.63) is 105 Å². The van der Waals surface area contributed by atoms with E-state index in [0.29, 0.717) is 26.9 Å². The first kappa shape index (κ1) is 20.2. The Balaban J connectivity index is 1.98. The number of Topliss-reactive ketones (excluding diaryl/α,β-unsaturated/α-hetero) is 1. The number of aryl methyl sites for hydroxylation is 1. The summed E-state index contributed by atoms with van der Waals surface area (Å²) in [4.78, 5) is 27.5. The second-order valence-corrected chi connectivity index (χ2v) is 7.95. The Labute approximate surface area is 184 Å². The molecule has 3 aromatic rings. The zero-order chi connectivity index (χ0) is 21.4. The molecule has 1 heterocycles. The molecule has 1 unspecified atom stereocenters. The van der Waals surface area contributed by atoms with Gasteiger partial charge in [-0.3, -0.25) is 14.5 Å². The molecule has 1 amide bonds. The first-order valence-electron chi connectivity index (χ1n) is 9.26. The number of amides is 1. The molecule has 4 rings (SSSR count). The fourth-order valence-corrected chi connectivity index (χ4v) is 4.05. The molecule has 4 nitrogen and oxygen atoms in total. The third-order valence-electron chi connectivity index (χ3n) is 4.99. The van der Waals surface area contributed by atoms with E-state index in [0.717, 1.165) is 5.56 Å². The molecule has 0 bridgehead atoms. The highest BCUT2D eigenvalue weighted by Gasteiger charge is 2.47. The second-order valence-electron chi connectivity index (χ2n) is 7.07. The second kappa shape index (κ2) is 7.98. The van der Waals surface area contributed by atoms with Crippen LogP contribution >= 0.6 is 23.2 Å². The zero-order valence-corrected chi connectivity index (χ0v) is 17.5. The first-order valence-corrected chi connectivity index (χ1v) is 10.0. The van der Waals surface area contributed by atoms with Crippen LogP contribution in [0.1, 0.15) is 22.7 Å². The van der Waals surface area contributed by atoms with Gasteiger partial charge in [-0.05, 0) is 42.8 Å². The summed E-state index contributed by atoms with van der Waals surface area (Å²) < 4.78 is 0. The molecular weight excluding hydrogens is 421 g/mol. The maximum atomic E-state index is 13.1. The van der Waals surface area contributed by atoms with Crippen LogP contribution < -0.4 is 4.90 Å². The molecule has 0 saturated carbocycles. The molecule has 1 aliphatic heterocycles. The van der Waals surface area contributed by atoms with Gasteiger partial charge >= 0.3 is 0 Å². The summed E-state index contributed by atoms with van der Waals surface area (Å²) in [7, 11) is 0. The quantitative estimate of drug-likeness (QED) is 0.313. The molecule has 30 heavy (non-hydrogen) atoms. The molecule has 0 aliphatic carbocycles. The lowest BCUT2D eigenvalue weighted by Gasteiger charge is -2.26. The number of hydrogen-bond donors (Lipinski definition) is 1. The van der Waals surface area contributed by atoms with Gasteiger partial charge in [-0.2, -0.15) is 0 Å². The minimum absolute atomic E-state index is 0.00726. The minimum Gasteiger partial charge on any atom is -0.507 e. The summed E-state index contributed by atoms with van der Waals surface area (Å²) in [5.74, 6) is -1.77. The molecule has 1 saturated heterocycles. The molecule has 1 atom stereocenters. The fraction of sp³-hybridized carbons (Fsp3) is 0.0833. The van der Waals surface area contributed by atoms with Crippen LogP contribution in [0.2, 0.25) is 10.0 Å². The van der Waals surface area contributed by atoms with E-state index in [1.165, 1.54) is 4.90 Å². The topological polar surface area (TPSA) is 57.6 Å². The van der Waals surface area contributed by atoms with Gasteiger partial charge in [-0.1, -0.05) is 71.2 Å². The molecule has 1 N–H and O–H groups in total. The number of ketones is 1. The van der Waals surface area contributed by atoms with Crippen molar-refractivity contribution >= 4 is 46.3 Å². The van der Waals surface area contributed by atoms with E-state index in [1.54, 1.807) is 48.5 Å². The minimum atomic E-state index is -0.803. The van der Waals surface area contributed by atoms with Crippen LogP contribution in [0.5, 0.6) is 0 Å². The summed E-state index contributed by atoms with van der Waals surface area (Å²) in [6, 6.07) is 19.9. The lowest BCUT2D eigenvalue weighted by molar-refractivity contribution is -0.132. The number of rotatable bonds is 3. The van der Waals surface area contributed by atoms with Crippen molar-refractivity contribution in [1.29, 1.82) is 0 Å². The van der Waals surface area contributed by atoms with Crippen LogP contribution in [0.25, 0.3) is 5.76 Å². The SMILES string of the molecule is Cc1cccc(C2/C(=C(\O)c3cccc(Cl)c3)C(=O)C(=O)N2c2cccc(Cl)c2)c1. The third kappa shape index (κ3) is 3.60. The number of halogens is 2. The number of carbonyl (C=O) groups excluding carboxylic acids is 2. The molecule has 0 radical (unpaired) electrons. The average Bonchev–Trinajstić information content (AvgIpc) is 2.98. The summed E-state index contributed by atoms with van der Waals surface area (Å²) in [6.45, 7) is 1.92. The van der Waals surface area contributed by atoms with Crippen LogP contribution in [-0.2, 0) is 9.59 Å². The largest absolute Gasteiger partial charge is 0.507 e. The molecule has 1 aliphatic rings. The lowest BCUT2D eigenvalue weighted by Crippen LogP contribution is -2.29. The first-order chi connectivity index (χ1) is 14.4. The smallest absolute Gasteiger partial charge is 0.300 e. The Hall–Kier alpha value is -3.08. The third-order valence-corrected chi connectivity index (χ3v) is 5.46. The van der Waals surface area contributed by atoms with E-state index in [-0.39, 0.29) is 11.3 Å². The Kier molecular flexibility index (Phi) is 5.37. The highest BCUT2D eigenvalue weighted by molar-refractivity contribution is 6.51. The van der Waals surface area contributed by atoms with Crippen molar-refractivity contribution in [2.24, 2.45) is 0 Å². The lowest BCUT2D eigenvalue weighted by atomic mass is 9.94. The molecule has 150 valence electrons. The molecule has 3 aromatic carbocycles. The Morgan fingerprint density at radius 1 is 0.900 bits per heavy atom. The summed E-state index contributed by atoms with van der Waals surface area (Å²) in [5.41, 5.74) is 2.52. The van der Waals surface area contributed by atoms with Crippen molar-refractivity contribution in [3.8, 4) is 0 Å². The van der Waals surface area contributed by atoms with Gasteiger partial charge in [0.1, 0.15) is 5.76 Å². The molecule has 0 spiro atoms. The van der Waals surface area contributed by atoms with Crippen molar-refractivity contribution in [2.75, 3.05) is 4.90 Å².